The molecule has 1 saturated heterocycles. The molecular weight excluding hydrogens is 281 g/mol. The Hall–Kier alpha value is -2.17. The molecule has 3 rings (SSSR count). The quantitative estimate of drug-likeness (QED) is 0.872. The van der Waals surface area contributed by atoms with Crippen LogP contribution in [0.15, 0.2) is 30.3 Å². The van der Waals surface area contributed by atoms with E-state index in [0.717, 1.165) is 24.2 Å². The number of halogens is 1. The van der Waals surface area contributed by atoms with E-state index < -0.39 is 0 Å². The van der Waals surface area contributed by atoms with Crippen LogP contribution in [0.5, 0.6) is 0 Å². The summed E-state index contributed by atoms with van der Waals surface area (Å²) in [6.07, 6.45) is 0.909. The fourth-order valence-corrected chi connectivity index (χ4v) is 2.78. The molecule has 0 bridgehead atoms. The van der Waals surface area contributed by atoms with E-state index in [0.29, 0.717) is 5.69 Å². The van der Waals surface area contributed by atoms with Gasteiger partial charge in [-0.15, -0.1) is 0 Å². The minimum absolute atomic E-state index is 0.0116. The molecule has 0 N–H and O–H groups in total. The van der Waals surface area contributed by atoms with Gasteiger partial charge in [0.2, 0.25) is 0 Å². The third kappa shape index (κ3) is 2.51. The average molecular weight is 301 g/mol. The van der Waals surface area contributed by atoms with E-state index in [1.54, 1.807) is 23.9 Å². The minimum Gasteiger partial charge on any atom is -0.330 e. The lowest BCUT2D eigenvalue weighted by molar-refractivity contribution is 0.0449. The molecule has 1 aromatic heterocycles. The van der Waals surface area contributed by atoms with Gasteiger partial charge in [-0.1, -0.05) is 26.0 Å². The summed E-state index contributed by atoms with van der Waals surface area (Å²) in [6.45, 7) is 4.84. The van der Waals surface area contributed by atoms with Gasteiger partial charge in [-0.25, -0.2) is 4.39 Å². The van der Waals surface area contributed by atoms with Crippen LogP contribution >= 0.6 is 0 Å². The summed E-state index contributed by atoms with van der Waals surface area (Å²) < 4.78 is 14.7. The lowest BCUT2D eigenvalue weighted by atomic mass is 9.94. The number of rotatable bonds is 3. The first-order valence-corrected chi connectivity index (χ1v) is 7.57. The largest absolute Gasteiger partial charge is 0.330 e. The van der Waals surface area contributed by atoms with Crippen molar-refractivity contribution in [2.24, 2.45) is 7.05 Å². The summed E-state index contributed by atoms with van der Waals surface area (Å²) >= 11 is 0. The molecule has 0 aliphatic carbocycles. The second-order valence-corrected chi connectivity index (χ2v) is 6.09. The fourth-order valence-electron chi connectivity index (χ4n) is 2.78. The van der Waals surface area contributed by atoms with Gasteiger partial charge >= 0.3 is 0 Å². The first kappa shape index (κ1) is 14.8. The van der Waals surface area contributed by atoms with Crippen molar-refractivity contribution in [1.29, 1.82) is 0 Å². The summed E-state index contributed by atoms with van der Waals surface area (Å²) in [5, 5.41) is 4.40. The second-order valence-electron chi connectivity index (χ2n) is 6.09. The van der Waals surface area contributed by atoms with Crippen LogP contribution in [0, 0.1) is 5.82 Å². The average Bonchev–Trinajstić information content (AvgIpc) is 2.82. The highest BCUT2D eigenvalue weighted by molar-refractivity contribution is 5.93. The summed E-state index contributed by atoms with van der Waals surface area (Å²) in [6, 6.07) is 8.29. The van der Waals surface area contributed by atoms with Gasteiger partial charge in [0.25, 0.3) is 5.91 Å². The standard InChI is InChI=1S/C17H20FN3O/c1-11(2)14-10-16(20(3)19-14)17(22)21-9-8-15(21)12-4-6-13(18)7-5-12/h4-7,10-11,15H,8-9H2,1-3H3/t15-/m1/s1. The Morgan fingerprint density at radius 3 is 2.50 bits per heavy atom. The molecule has 0 unspecified atom stereocenters. The smallest absolute Gasteiger partial charge is 0.272 e. The third-order valence-electron chi connectivity index (χ3n) is 4.24. The Morgan fingerprint density at radius 2 is 2.00 bits per heavy atom. The Bertz CT molecular complexity index is 690. The monoisotopic (exact) mass is 301 g/mol. The highest BCUT2D eigenvalue weighted by atomic mass is 19.1. The van der Waals surface area contributed by atoms with Crippen LogP contribution in [0.4, 0.5) is 4.39 Å². The van der Waals surface area contributed by atoms with Gasteiger partial charge in [-0.3, -0.25) is 9.48 Å². The topological polar surface area (TPSA) is 38.1 Å². The molecule has 0 radical (unpaired) electrons. The van der Waals surface area contributed by atoms with Gasteiger partial charge in [0, 0.05) is 13.6 Å². The Labute approximate surface area is 129 Å². The summed E-state index contributed by atoms with van der Waals surface area (Å²) in [4.78, 5) is 14.6. The normalized spacial score (nSPS) is 17.7. The fraction of sp³-hybridized carbons (Fsp3) is 0.412. The first-order valence-electron chi connectivity index (χ1n) is 7.57. The predicted octanol–water partition coefficient (Wildman–Crippen LogP) is 3.27. The molecule has 1 aliphatic rings. The molecule has 116 valence electrons. The van der Waals surface area contributed by atoms with Gasteiger partial charge in [-0.05, 0) is 36.1 Å². The number of nitrogens with zero attached hydrogens (tertiary/aromatic N) is 3. The van der Waals surface area contributed by atoms with Gasteiger partial charge in [0.1, 0.15) is 11.5 Å². The van der Waals surface area contributed by atoms with Crippen LogP contribution in [-0.2, 0) is 7.05 Å². The SMILES string of the molecule is CC(C)c1cc(C(=O)N2CC[C@@H]2c2ccc(F)cc2)n(C)n1. The number of carbonyl (C=O) groups excluding carboxylic acids is 1. The second kappa shape index (κ2) is 5.55. The van der Waals surface area contributed by atoms with Crippen LogP contribution in [0.2, 0.25) is 0 Å². The van der Waals surface area contributed by atoms with E-state index in [1.165, 1.54) is 12.1 Å². The van der Waals surface area contributed by atoms with Crippen molar-refractivity contribution in [2.45, 2.75) is 32.2 Å². The molecule has 1 atom stereocenters. The van der Waals surface area contributed by atoms with Gasteiger partial charge in [0.05, 0.1) is 11.7 Å². The molecule has 1 aromatic carbocycles. The number of hydrogen-bond acceptors (Lipinski definition) is 2. The van der Waals surface area contributed by atoms with Crippen molar-refractivity contribution >= 4 is 5.91 Å². The van der Waals surface area contributed by atoms with E-state index >= 15 is 0 Å². The van der Waals surface area contributed by atoms with Gasteiger partial charge < -0.3 is 4.90 Å². The summed E-state index contributed by atoms with van der Waals surface area (Å²) in [5.74, 6) is 0.0219. The molecule has 0 saturated carbocycles. The van der Waals surface area contributed by atoms with Crippen LogP contribution < -0.4 is 0 Å². The number of amides is 1. The molecule has 1 aliphatic heterocycles. The van der Waals surface area contributed by atoms with Crippen molar-refractivity contribution in [3.05, 3.63) is 53.1 Å². The molecule has 1 fully saturated rings. The Balaban J connectivity index is 1.82. The number of benzene rings is 1. The lowest BCUT2D eigenvalue weighted by Gasteiger charge is -2.41. The van der Waals surface area contributed by atoms with Crippen molar-refractivity contribution in [1.82, 2.24) is 14.7 Å². The highest BCUT2D eigenvalue weighted by Crippen LogP contribution is 2.34. The maximum Gasteiger partial charge on any atom is 0.272 e. The summed E-state index contributed by atoms with van der Waals surface area (Å²) in [5.41, 5.74) is 2.51. The van der Waals surface area contributed by atoms with Crippen LogP contribution in [-0.4, -0.2) is 27.1 Å². The predicted molar refractivity (Wildman–Crippen MR) is 82.1 cm³/mol. The van der Waals surface area contributed by atoms with E-state index in [4.69, 9.17) is 0 Å². The highest BCUT2D eigenvalue weighted by Gasteiger charge is 2.35. The molecule has 0 spiro atoms. The summed E-state index contributed by atoms with van der Waals surface area (Å²) in [7, 11) is 1.80. The number of aromatic nitrogens is 2. The first-order chi connectivity index (χ1) is 10.5. The lowest BCUT2D eigenvalue weighted by Crippen LogP contribution is -2.45. The molecular formula is C17H20FN3O. The number of likely N-dealkylation sites (tertiary alicyclic amines) is 1. The van der Waals surface area contributed by atoms with Crippen LogP contribution in [0.25, 0.3) is 0 Å². The van der Waals surface area contributed by atoms with E-state index in [2.05, 4.69) is 18.9 Å². The molecule has 1 amide bonds. The van der Waals surface area contributed by atoms with E-state index in [1.807, 2.05) is 11.0 Å². The van der Waals surface area contributed by atoms with E-state index in [-0.39, 0.29) is 23.7 Å². The number of hydrogen-bond donors (Lipinski definition) is 0. The Kier molecular flexibility index (Phi) is 3.72. The number of aryl methyl sites for hydroxylation is 1. The van der Waals surface area contributed by atoms with Gasteiger partial charge in [0.15, 0.2) is 0 Å². The third-order valence-corrected chi connectivity index (χ3v) is 4.24. The van der Waals surface area contributed by atoms with Crippen molar-refractivity contribution in [3.63, 3.8) is 0 Å². The molecule has 4 nitrogen and oxygen atoms in total. The molecule has 22 heavy (non-hydrogen) atoms. The van der Waals surface area contributed by atoms with Crippen molar-refractivity contribution in [3.8, 4) is 0 Å². The molecule has 5 heteroatoms. The van der Waals surface area contributed by atoms with Crippen molar-refractivity contribution in [2.75, 3.05) is 6.54 Å². The Morgan fingerprint density at radius 1 is 1.32 bits per heavy atom. The van der Waals surface area contributed by atoms with Crippen LogP contribution in [0.3, 0.4) is 0 Å². The maximum absolute atomic E-state index is 13.0. The zero-order valence-electron chi connectivity index (χ0n) is 13.1. The minimum atomic E-state index is -0.255. The molecule has 2 aromatic rings. The zero-order valence-corrected chi connectivity index (χ0v) is 13.1. The van der Waals surface area contributed by atoms with Gasteiger partial charge in [-0.2, -0.15) is 5.10 Å². The van der Waals surface area contributed by atoms with E-state index in [9.17, 15) is 9.18 Å². The maximum atomic E-state index is 13.0. The molecule has 2 heterocycles. The van der Waals surface area contributed by atoms with Crippen molar-refractivity contribution < 1.29 is 9.18 Å². The number of carbonyl (C=O) groups is 1. The zero-order chi connectivity index (χ0) is 15.9. The van der Waals surface area contributed by atoms with Crippen LogP contribution in [0.1, 0.15) is 54.0 Å².